The molecule has 3 aliphatic heterocycles. The molecule has 0 bridgehead atoms. The lowest BCUT2D eigenvalue weighted by Gasteiger charge is -2.45. The van der Waals surface area contributed by atoms with E-state index in [0.717, 1.165) is 25.5 Å². The number of fused-ring (bicyclic) bond motifs is 2. The number of piperazine rings is 1. The second kappa shape index (κ2) is 10.9. The van der Waals surface area contributed by atoms with Gasteiger partial charge in [-0.2, -0.15) is 23.1 Å². The van der Waals surface area contributed by atoms with Crippen LogP contribution in [0.3, 0.4) is 0 Å². The molecule has 42 heavy (non-hydrogen) atoms. The average molecular weight is 665 g/mol. The van der Waals surface area contributed by atoms with Crippen molar-refractivity contribution < 1.29 is 36.2 Å². The Hall–Kier alpha value is -2.48. The number of nitrogens with zero attached hydrogens (tertiary/aromatic N) is 5. The van der Waals surface area contributed by atoms with Gasteiger partial charge in [-0.05, 0) is 76.0 Å². The number of amides is 1. The summed E-state index contributed by atoms with van der Waals surface area (Å²) < 4.78 is 82.4. The van der Waals surface area contributed by atoms with E-state index in [4.69, 9.17) is 9.47 Å². The van der Waals surface area contributed by atoms with E-state index in [0.29, 0.717) is 13.0 Å². The first kappa shape index (κ1) is 31.0. The molecule has 0 N–H and O–H groups in total. The number of alkyl halides is 4. The normalized spacial score (nSPS) is 27.1. The second-order valence-corrected chi connectivity index (χ2v) is 13.4. The number of aromatic nitrogens is 2. The third-order valence-corrected chi connectivity index (χ3v) is 9.03. The van der Waals surface area contributed by atoms with E-state index < -0.39 is 57.5 Å². The highest BCUT2D eigenvalue weighted by molar-refractivity contribution is 9.10. The Labute approximate surface area is 249 Å². The summed E-state index contributed by atoms with van der Waals surface area (Å²) in [6, 6.07) is -0.201. The van der Waals surface area contributed by atoms with Crippen molar-refractivity contribution in [1.82, 2.24) is 19.8 Å². The fraction of sp³-hybridized carbons (Fsp3) is 0.679. The van der Waals surface area contributed by atoms with Crippen LogP contribution < -0.4 is 9.64 Å². The maximum Gasteiger partial charge on any atom is 0.417 e. The van der Waals surface area contributed by atoms with Gasteiger partial charge in [0.05, 0.1) is 15.6 Å². The summed E-state index contributed by atoms with van der Waals surface area (Å²) in [4.78, 5) is 26.9. The maximum atomic E-state index is 15.6. The zero-order valence-corrected chi connectivity index (χ0v) is 25.8. The van der Waals surface area contributed by atoms with Gasteiger partial charge in [-0.15, -0.1) is 0 Å². The van der Waals surface area contributed by atoms with Gasteiger partial charge in [0.2, 0.25) is 0 Å². The minimum Gasteiger partial charge on any atom is -0.461 e. The van der Waals surface area contributed by atoms with Crippen molar-refractivity contribution in [2.45, 2.75) is 89.5 Å². The number of hydrogen-bond donors (Lipinski definition) is 0. The molecule has 5 rings (SSSR count). The Morgan fingerprint density at radius 3 is 2.52 bits per heavy atom. The van der Waals surface area contributed by atoms with Crippen LogP contribution in [0.4, 0.5) is 32.6 Å². The Morgan fingerprint density at radius 1 is 1.14 bits per heavy atom. The van der Waals surface area contributed by atoms with Crippen molar-refractivity contribution in [1.29, 1.82) is 0 Å². The smallest absolute Gasteiger partial charge is 0.417 e. The minimum absolute atomic E-state index is 0.0608. The number of halogens is 6. The quantitative estimate of drug-likeness (QED) is 0.354. The molecule has 0 spiro atoms. The van der Waals surface area contributed by atoms with Crippen LogP contribution >= 0.6 is 15.9 Å². The van der Waals surface area contributed by atoms with Gasteiger partial charge in [-0.3, -0.25) is 4.90 Å². The van der Waals surface area contributed by atoms with Gasteiger partial charge in [0.1, 0.15) is 29.7 Å². The van der Waals surface area contributed by atoms with Crippen molar-refractivity contribution in [2.75, 3.05) is 37.7 Å². The molecule has 0 saturated carbocycles. The van der Waals surface area contributed by atoms with Gasteiger partial charge in [0.15, 0.2) is 5.82 Å². The van der Waals surface area contributed by atoms with Crippen LogP contribution in [0.25, 0.3) is 10.9 Å². The first-order valence-corrected chi connectivity index (χ1v) is 14.8. The summed E-state index contributed by atoms with van der Waals surface area (Å²) in [5.41, 5.74) is -2.77. The van der Waals surface area contributed by atoms with Crippen molar-refractivity contribution >= 4 is 38.7 Å². The average Bonchev–Trinajstić information content (AvgIpc) is 3.39. The van der Waals surface area contributed by atoms with E-state index >= 15 is 4.39 Å². The van der Waals surface area contributed by atoms with Gasteiger partial charge in [-0.1, -0.05) is 0 Å². The van der Waals surface area contributed by atoms with E-state index in [1.165, 1.54) is 0 Å². The minimum atomic E-state index is -4.84. The Kier molecular flexibility index (Phi) is 8.04. The first-order valence-electron chi connectivity index (χ1n) is 14.0. The van der Waals surface area contributed by atoms with Crippen LogP contribution in [0.2, 0.25) is 0 Å². The largest absolute Gasteiger partial charge is 0.461 e. The molecule has 3 saturated heterocycles. The maximum absolute atomic E-state index is 15.6. The van der Waals surface area contributed by atoms with Gasteiger partial charge in [-0.25, -0.2) is 13.6 Å². The molecule has 1 aromatic heterocycles. The molecule has 14 heteroatoms. The predicted molar refractivity (Wildman–Crippen MR) is 150 cm³/mol. The topological polar surface area (TPSA) is 71.0 Å². The molecule has 3 aliphatic rings. The summed E-state index contributed by atoms with van der Waals surface area (Å²) in [5.74, 6) is -1.13. The third kappa shape index (κ3) is 5.85. The fourth-order valence-electron chi connectivity index (χ4n) is 6.30. The van der Waals surface area contributed by atoms with E-state index in [-0.39, 0.29) is 42.4 Å². The van der Waals surface area contributed by atoms with Crippen LogP contribution in [0.1, 0.15) is 59.4 Å². The standard InChI is InChI=1S/C28H35BrF5N5O3/c1-15-12-39(25(40)42-26(3,4)5)16(2)11-38(15)23-18-9-19(28(32,33)34)20(29)21(31)22(18)35-24(36-23)41-14-27-7-6-8-37(27)13-17(30)10-27/h9,15-17H,6-8,10-14H2,1-5H3/t15-,16+,17+,27+/m0/s1. The molecule has 2 aromatic rings. The zero-order valence-electron chi connectivity index (χ0n) is 24.2. The predicted octanol–water partition coefficient (Wildman–Crippen LogP) is 6.34. The fourth-order valence-corrected chi connectivity index (χ4v) is 6.83. The van der Waals surface area contributed by atoms with E-state index in [9.17, 15) is 22.4 Å². The van der Waals surface area contributed by atoms with Crippen LogP contribution in [-0.4, -0.2) is 88.0 Å². The summed E-state index contributed by atoms with van der Waals surface area (Å²) in [6.07, 6.45) is -4.42. The highest BCUT2D eigenvalue weighted by atomic mass is 79.9. The molecule has 0 aliphatic carbocycles. The molecular formula is C28H35BrF5N5O3. The molecule has 3 fully saturated rings. The van der Waals surface area contributed by atoms with Gasteiger partial charge in [0, 0.05) is 43.5 Å². The van der Waals surface area contributed by atoms with Gasteiger partial charge >= 0.3 is 18.3 Å². The number of rotatable bonds is 4. The molecular weight excluding hydrogens is 629 g/mol. The first-order chi connectivity index (χ1) is 19.5. The Bertz CT molecular complexity index is 1370. The Morgan fingerprint density at radius 2 is 1.86 bits per heavy atom. The lowest BCUT2D eigenvalue weighted by molar-refractivity contribution is -0.138. The number of anilines is 1. The number of carbonyl (C=O) groups is 1. The number of hydrogen-bond acceptors (Lipinski definition) is 7. The lowest BCUT2D eigenvalue weighted by atomic mass is 9.95. The van der Waals surface area contributed by atoms with Gasteiger partial charge in [0.25, 0.3) is 0 Å². The summed E-state index contributed by atoms with van der Waals surface area (Å²) in [5, 5.41) is -0.134. The van der Waals surface area contributed by atoms with Crippen LogP contribution in [0, 0.1) is 5.82 Å². The van der Waals surface area contributed by atoms with Crippen molar-refractivity contribution in [3.05, 3.63) is 21.9 Å². The monoisotopic (exact) mass is 663 g/mol. The molecule has 4 heterocycles. The molecule has 0 unspecified atom stereocenters. The second-order valence-electron chi connectivity index (χ2n) is 12.6. The molecule has 0 radical (unpaired) electrons. The number of carbonyl (C=O) groups excluding carboxylic acids is 1. The SMILES string of the molecule is C[C@@H]1CN(c2nc(OC[C@]34CCCN3C[C@H](F)C4)nc3c(F)c(Br)c(C(F)(F)F)cc23)[C@@H](C)CN1C(=O)OC(C)(C)C. The van der Waals surface area contributed by atoms with Crippen LogP contribution in [0.5, 0.6) is 6.01 Å². The summed E-state index contributed by atoms with van der Waals surface area (Å²) in [6.45, 7) is 10.4. The highest BCUT2D eigenvalue weighted by Gasteiger charge is 2.49. The molecule has 1 amide bonds. The van der Waals surface area contributed by atoms with E-state index in [2.05, 4.69) is 25.9 Å². The highest BCUT2D eigenvalue weighted by Crippen LogP contribution is 2.43. The zero-order chi connectivity index (χ0) is 30.8. The number of ether oxygens (including phenoxy) is 2. The summed E-state index contributed by atoms with van der Waals surface area (Å²) >= 11 is 2.77. The van der Waals surface area contributed by atoms with E-state index in [1.54, 1.807) is 44.4 Å². The molecule has 232 valence electrons. The van der Waals surface area contributed by atoms with Crippen molar-refractivity contribution in [3.63, 3.8) is 0 Å². The van der Waals surface area contributed by atoms with E-state index in [1.807, 2.05) is 4.90 Å². The molecule has 4 atom stereocenters. The third-order valence-electron chi connectivity index (χ3n) is 8.25. The summed E-state index contributed by atoms with van der Waals surface area (Å²) in [7, 11) is 0. The number of benzene rings is 1. The molecule has 8 nitrogen and oxygen atoms in total. The van der Waals surface area contributed by atoms with Crippen LogP contribution in [0.15, 0.2) is 10.5 Å². The van der Waals surface area contributed by atoms with Crippen molar-refractivity contribution in [2.24, 2.45) is 0 Å². The van der Waals surface area contributed by atoms with Crippen LogP contribution in [-0.2, 0) is 10.9 Å². The lowest BCUT2D eigenvalue weighted by Crippen LogP contribution is -2.59. The van der Waals surface area contributed by atoms with Gasteiger partial charge < -0.3 is 19.3 Å². The molecule has 1 aromatic carbocycles. The Balaban J connectivity index is 1.54. The van der Waals surface area contributed by atoms with Crippen molar-refractivity contribution in [3.8, 4) is 6.01 Å².